The molecule has 2 aromatic rings. The predicted molar refractivity (Wildman–Crippen MR) is 89.1 cm³/mol. The van der Waals surface area contributed by atoms with Crippen molar-refractivity contribution in [2.75, 3.05) is 10.6 Å². The van der Waals surface area contributed by atoms with Crippen molar-refractivity contribution >= 4 is 28.9 Å². The van der Waals surface area contributed by atoms with Crippen molar-refractivity contribution in [2.24, 2.45) is 5.92 Å². The lowest BCUT2D eigenvalue weighted by Crippen LogP contribution is -2.13. The third kappa shape index (κ3) is 3.77. The summed E-state index contributed by atoms with van der Waals surface area (Å²) in [6, 6.07) is 11.7. The fourth-order valence-corrected chi connectivity index (χ4v) is 2.44. The molecule has 4 nitrogen and oxygen atoms in total. The molecule has 1 atom stereocenters. The average molecular weight is 316 g/mol. The number of carbonyl (C=O) groups is 1. The van der Waals surface area contributed by atoms with Crippen molar-refractivity contribution in [1.29, 1.82) is 0 Å². The number of hydrogen-bond donors (Lipinski definition) is 2. The number of anilines is 2. The van der Waals surface area contributed by atoms with E-state index in [2.05, 4.69) is 22.5 Å². The summed E-state index contributed by atoms with van der Waals surface area (Å²) in [5.41, 5.74) is 2.91. The molecule has 0 saturated heterocycles. The van der Waals surface area contributed by atoms with E-state index < -0.39 is 0 Å². The monoisotopic (exact) mass is 315 g/mol. The molecule has 0 radical (unpaired) electrons. The molecule has 1 aromatic heterocycles. The minimum atomic E-state index is 0.130. The van der Waals surface area contributed by atoms with Gasteiger partial charge in [0, 0.05) is 29.5 Å². The van der Waals surface area contributed by atoms with E-state index >= 15 is 0 Å². The standard InChI is InChI=1S/C17H18ClN3O/c1-11(20-15-8-9-19-16(18)10-15)12-4-6-14(7-5-12)21-17(22)13-2-3-13/h4-11,13H,2-3H2,1H3,(H,19,20)(H,21,22). The number of nitrogens with zero attached hydrogens (tertiary/aromatic N) is 1. The molecule has 1 fully saturated rings. The van der Waals surface area contributed by atoms with Crippen molar-refractivity contribution in [3.05, 3.63) is 53.3 Å². The van der Waals surface area contributed by atoms with Crippen molar-refractivity contribution < 1.29 is 4.79 Å². The van der Waals surface area contributed by atoms with Crippen molar-refractivity contribution in [2.45, 2.75) is 25.8 Å². The number of rotatable bonds is 5. The Morgan fingerprint density at radius 1 is 1.23 bits per heavy atom. The molecule has 1 aromatic carbocycles. The first-order valence-electron chi connectivity index (χ1n) is 7.41. The lowest BCUT2D eigenvalue weighted by molar-refractivity contribution is -0.117. The maximum Gasteiger partial charge on any atom is 0.227 e. The minimum Gasteiger partial charge on any atom is -0.378 e. The summed E-state index contributed by atoms with van der Waals surface area (Å²) in [4.78, 5) is 15.7. The molecule has 2 N–H and O–H groups in total. The number of carbonyl (C=O) groups excluding carboxylic acids is 1. The number of nitrogens with one attached hydrogen (secondary N) is 2. The Kier molecular flexibility index (Phi) is 4.29. The van der Waals surface area contributed by atoms with Crippen LogP contribution >= 0.6 is 11.6 Å². The van der Waals surface area contributed by atoms with Crippen molar-refractivity contribution in [3.8, 4) is 0 Å². The normalized spacial score (nSPS) is 15.2. The number of pyridine rings is 1. The Balaban J connectivity index is 1.62. The second-order valence-corrected chi connectivity index (χ2v) is 6.01. The first-order chi connectivity index (χ1) is 10.6. The molecule has 1 unspecified atom stereocenters. The van der Waals surface area contributed by atoms with Gasteiger partial charge in [-0.25, -0.2) is 4.98 Å². The van der Waals surface area contributed by atoms with E-state index in [4.69, 9.17) is 11.6 Å². The molecule has 0 aliphatic heterocycles. The summed E-state index contributed by atoms with van der Waals surface area (Å²) >= 11 is 5.88. The van der Waals surface area contributed by atoms with Crippen LogP contribution in [-0.2, 0) is 4.79 Å². The third-order valence-corrected chi connectivity index (χ3v) is 3.94. The molecule has 1 heterocycles. The molecule has 114 valence electrons. The van der Waals surface area contributed by atoms with Crippen LogP contribution in [0.3, 0.4) is 0 Å². The topological polar surface area (TPSA) is 54.0 Å². The molecule has 1 amide bonds. The number of halogens is 1. The summed E-state index contributed by atoms with van der Waals surface area (Å²) in [7, 11) is 0. The summed E-state index contributed by atoms with van der Waals surface area (Å²) in [6.45, 7) is 2.08. The van der Waals surface area contributed by atoms with Crippen LogP contribution in [0.2, 0.25) is 5.15 Å². The smallest absolute Gasteiger partial charge is 0.227 e. The van der Waals surface area contributed by atoms with Crippen LogP contribution in [0.25, 0.3) is 0 Å². The van der Waals surface area contributed by atoms with E-state index in [1.165, 1.54) is 0 Å². The Morgan fingerprint density at radius 2 is 1.95 bits per heavy atom. The maximum absolute atomic E-state index is 11.7. The highest BCUT2D eigenvalue weighted by molar-refractivity contribution is 6.29. The van der Waals surface area contributed by atoms with Gasteiger partial charge >= 0.3 is 0 Å². The zero-order valence-corrected chi connectivity index (χ0v) is 13.1. The lowest BCUT2D eigenvalue weighted by atomic mass is 10.1. The average Bonchev–Trinajstić information content (AvgIpc) is 3.32. The van der Waals surface area contributed by atoms with Gasteiger partial charge in [-0.15, -0.1) is 0 Å². The van der Waals surface area contributed by atoms with E-state index in [0.717, 1.165) is 29.8 Å². The highest BCUT2D eigenvalue weighted by Crippen LogP contribution is 2.30. The maximum atomic E-state index is 11.7. The highest BCUT2D eigenvalue weighted by Gasteiger charge is 2.29. The van der Waals surface area contributed by atoms with Crippen LogP contribution in [0.4, 0.5) is 11.4 Å². The van der Waals surface area contributed by atoms with Gasteiger partial charge in [0.15, 0.2) is 0 Å². The number of aromatic nitrogens is 1. The summed E-state index contributed by atoms with van der Waals surface area (Å²) in [6.07, 6.45) is 3.70. The molecule has 0 bridgehead atoms. The second-order valence-electron chi connectivity index (χ2n) is 5.62. The number of benzene rings is 1. The number of hydrogen-bond acceptors (Lipinski definition) is 3. The Hall–Kier alpha value is -2.07. The fourth-order valence-electron chi connectivity index (χ4n) is 2.27. The first-order valence-corrected chi connectivity index (χ1v) is 7.78. The van der Waals surface area contributed by atoms with Gasteiger partial charge in [-0.3, -0.25) is 4.79 Å². The summed E-state index contributed by atoms with van der Waals surface area (Å²) < 4.78 is 0. The van der Waals surface area contributed by atoms with Gasteiger partial charge in [-0.2, -0.15) is 0 Å². The van der Waals surface area contributed by atoms with Gasteiger partial charge in [-0.05, 0) is 49.6 Å². The molecule has 1 saturated carbocycles. The minimum absolute atomic E-state index is 0.130. The van der Waals surface area contributed by atoms with E-state index in [1.807, 2.05) is 30.3 Å². The van der Waals surface area contributed by atoms with Gasteiger partial charge in [0.1, 0.15) is 5.15 Å². The zero-order valence-electron chi connectivity index (χ0n) is 12.3. The molecular weight excluding hydrogens is 298 g/mol. The van der Waals surface area contributed by atoms with E-state index in [0.29, 0.717) is 5.15 Å². The molecule has 5 heteroatoms. The lowest BCUT2D eigenvalue weighted by Gasteiger charge is -2.16. The Morgan fingerprint density at radius 3 is 2.59 bits per heavy atom. The summed E-state index contributed by atoms with van der Waals surface area (Å²) in [5.74, 6) is 0.349. The van der Waals surface area contributed by atoms with Crippen LogP contribution in [-0.4, -0.2) is 10.9 Å². The van der Waals surface area contributed by atoms with Crippen LogP contribution in [0, 0.1) is 5.92 Å². The van der Waals surface area contributed by atoms with Gasteiger partial charge in [0.2, 0.25) is 5.91 Å². The largest absolute Gasteiger partial charge is 0.378 e. The quantitative estimate of drug-likeness (QED) is 0.811. The SMILES string of the molecule is CC(Nc1ccnc(Cl)c1)c1ccc(NC(=O)C2CC2)cc1. The second kappa shape index (κ2) is 6.36. The highest BCUT2D eigenvalue weighted by atomic mass is 35.5. The first kappa shape index (κ1) is 14.9. The molecule has 22 heavy (non-hydrogen) atoms. The Labute approximate surface area is 134 Å². The van der Waals surface area contributed by atoms with Crippen LogP contribution < -0.4 is 10.6 Å². The van der Waals surface area contributed by atoms with Gasteiger partial charge in [0.05, 0.1) is 0 Å². The van der Waals surface area contributed by atoms with Gasteiger partial charge in [0.25, 0.3) is 0 Å². The van der Waals surface area contributed by atoms with E-state index in [1.54, 1.807) is 12.3 Å². The molecular formula is C17H18ClN3O. The molecule has 3 rings (SSSR count). The van der Waals surface area contributed by atoms with Crippen molar-refractivity contribution in [1.82, 2.24) is 4.98 Å². The molecule has 1 aliphatic rings. The molecule has 1 aliphatic carbocycles. The number of amides is 1. The van der Waals surface area contributed by atoms with Crippen LogP contribution in [0.1, 0.15) is 31.4 Å². The third-order valence-electron chi connectivity index (χ3n) is 3.74. The zero-order chi connectivity index (χ0) is 15.5. The predicted octanol–water partition coefficient (Wildman–Crippen LogP) is 4.26. The Bertz CT molecular complexity index is 668. The van der Waals surface area contributed by atoms with E-state index in [9.17, 15) is 4.79 Å². The summed E-state index contributed by atoms with van der Waals surface area (Å²) in [5, 5.41) is 6.79. The van der Waals surface area contributed by atoms with Crippen LogP contribution in [0.15, 0.2) is 42.6 Å². The van der Waals surface area contributed by atoms with Crippen LogP contribution in [0.5, 0.6) is 0 Å². The van der Waals surface area contributed by atoms with E-state index in [-0.39, 0.29) is 17.9 Å². The molecule has 0 spiro atoms. The van der Waals surface area contributed by atoms with Gasteiger partial charge < -0.3 is 10.6 Å². The van der Waals surface area contributed by atoms with Crippen molar-refractivity contribution in [3.63, 3.8) is 0 Å². The fraction of sp³-hybridized carbons (Fsp3) is 0.294. The van der Waals surface area contributed by atoms with Gasteiger partial charge in [-0.1, -0.05) is 23.7 Å².